The predicted octanol–water partition coefficient (Wildman–Crippen LogP) is -0.128. The van der Waals surface area contributed by atoms with Crippen molar-refractivity contribution in [3.05, 3.63) is 18.2 Å². The highest BCUT2D eigenvalue weighted by Gasteiger charge is 2.16. The maximum absolute atomic E-state index is 11.9. The molecule has 1 aromatic rings. The number of hydrogen-bond donors (Lipinski definition) is 2. The van der Waals surface area contributed by atoms with Crippen LogP contribution >= 0.6 is 0 Å². The van der Waals surface area contributed by atoms with Gasteiger partial charge in [0.05, 0.1) is 25.7 Å². The second kappa shape index (κ2) is 6.55. The van der Waals surface area contributed by atoms with Gasteiger partial charge in [0, 0.05) is 12.6 Å². The third-order valence-electron chi connectivity index (χ3n) is 2.18. The highest BCUT2D eigenvalue weighted by Crippen LogP contribution is 2.29. The van der Waals surface area contributed by atoms with Gasteiger partial charge in [-0.2, -0.15) is 0 Å². The van der Waals surface area contributed by atoms with Crippen LogP contribution in [0.3, 0.4) is 0 Å². The van der Waals surface area contributed by atoms with E-state index in [1.165, 1.54) is 32.4 Å². The van der Waals surface area contributed by atoms with E-state index in [4.69, 9.17) is 15.4 Å². The number of benzene rings is 1. The molecule has 1 aromatic carbocycles. The van der Waals surface area contributed by atoms with E-state index in [2.05, 4.69) is 9.56 Å². The summed E-state index contributed by atoms with van der Waals surface area (Å²) in [6.07, 6.45) is 0. The second-order valence-corrected chi connectivity index (χ2v) is 5.05. The van der Waals surface area contributed by atoms with E-state index in [0.717, 1.165) is 0 Å². The van der Waals surface area contributed by atoms with Gasteiger partial charge in [-0.3, -0.25) is 0 Å². The zero-order chi connectivity index (χ0) is 13.6. The largest absolute Gasteiger partial charge is 0.493 e. The molecule has 0 radical (unpaired) electrons. The highest BCUT2D eigenvalue weighted by molar-refractivity contribution is 7.89. The van der Waals surface area contributed by atoms with Crippen molar-refractivity contribution >= 4 is 10.0 Å². The summed E-state index contributed by atoms with van der Waals surface area (Å²) in [5.74, 6) is 5.61. The summed E-state index contributed by atoms with van der Waals surface area (Å²) in [5, 5.41) is 0. The molecular weight excluding hydrogens is 260 g/mol. The summed E-state index contributed by atoms with van der Waals surface area (Å²) < 4.78 is 36.1. The first kappa shape index (κ1) is 14.7. The van der Waals surface area contributed by atoms with E-state index in [-0.39, 0.29) is 18.0 Å². The van der Waals surface area contributed by atoms with Crippen molar-refractivity contribution in [2.24, 2.45) is 5.90 Å². The average molecular weight is 276 g/mol. The van der Waals surface area contributed by atoms with Crippen LogP contribution in [0.4, 0.5) is 0 Å². The molecule has 0 unspecified atom stereocenters. The lowest BCUT2D eigenvalue weighted by Crippen LogP contribution is -2.28. The first-order chi connectivity index (χ1) is 8.55. The molecule has 0 aromatic heterocycles. The second-order valence-electron chi connectivity index (χ2n) is 3.29. The number of hydrogen-bond acceptors (Lipinski definition) is 6. The van der Waals surface area contributed by atoms with Gasteiger partial charge in [0.15, 0.2) is 11.5 Å². The van der Waals surface area contributed by atoms with Crippen LogP contribution in [0.5, 0.6) is 11.5 Å². The molecule has 8 heteroatoms. The molecule has 0 fully saturated rings. The van der Waals surface area contributed by atoms with E-state index in [0.29, 0.717) is 11.5 Å². The van der Waals surface area contributed by atoms with E-state index >= 15 is 0 Å². The standard InChI is InChI=1S/C10H16N2O5S/c1-15-9-4-3-8(7-10(9)16-2)18(13,14)12-5-6-17-11/h3-4,7,12H,5-6,11H2,1-2H3. The molecule has 102 valence electrons. The lowest BCUT2D eigenvalue weighted by molar-refractivity contribution is 0.143. The van der Waals surface area contributed by atoms with Gasteiger partial charge in [-0.25, -0.2) is 19.0 Å². The Morgan fingerprint density at radius 1 is 1.22 bits per heavy atom. The maximum Gasteiger partial charge on any atom is 0.240 e. The summed E-state index contributed by atoms with van der Waals surface area (Å²) in [7, 11) is -0.702. The van der Waals surface area contributed by atoms with Gasteiger partial charge in [0.25, 0.3) is 0 Å². The van der Waals surface area contributed by atoms with Crippen LogP contribution in [0.1, 0.15) is 0 Å². The number of methoxy groups -OCH3 is 2. The summed E-state index contributed by atoms with van der Waals surface area (Å²) in [5.41, 5.74) is 0. The molecule has 0 heterocycles. The third kappa shape index (κ3) is 3.57. The lowest BCUT2D eigenvalue weighted by Gasteiger charge is -2.10. The van der Waals surface area contributed by atoms with Crippen molar-refractivity contribution in [3.63, 3.8) is 0 Å². The topological polar surface area (TPSA) is 99.9 Å². The molecule has 0 aliphatic heterocycles. The van der Waals surface area contributed by atoms with Gasteiger partial charge in [-0.1, -0.05) is 0 Å². The summed E-state index contributed by atoms with van der Waals surface area (Å²) in [6.45, 7) is 0.180. The van der Waals surface area contributed by atoms with Gasteiger partial charge in [0.1, 0.15) is 0 Å². The smallest absolute Gasteiger partial charge is 0.240 e. The van der Waals surface area contributed by atoms with Crippen molar-refractivity contribution in [3.8, 4) is 11.5 Å². The van der Waals surface area contributed by atoms with Crippen molar-refractivity contribution in [1.29, 1.82) is 0 Å². The Hall–Kier alpha value is -1.35. The van der Waals surface area contributed by atoms with Crippen LogP contribution in [-0.4, -0.2) is 35.8 Å². The van der Waals surface area contributed by atoms with E-state index in [9.17, 15) is 8.42 Å². The zero-order valence-electron chi connectivity index (χ0n) is 10.2. The van der Waals surface area contributed by atoms with E-state index in [1.54, 1.807) is 0 Å². The molecule has 0 saturated carbocycles. The molecule has 18 heavy (non-hydrogen) atoms. The molecule has 0 atom stereocenters. The molecule has 0 amide bonds. The Kier molecular flexibility index (Phi) is 5.35. The van der Waals surface area contributed by atoms with Crippen molar-refractivity contribution < 1.29 is 22.7 Å². The predicted molar refractivity (Wildman–Crippen MR) is 64.9 cm³/mol. The average Bonchev–Trinajstić information content (AvgIpc) is 2.38. The fourth-order valence-electron chi connectivity index (χ4n) is 1.30. The van der Waals surface area contributed by atoms with Crippen LogP contribution in [0, 0.1) is 0 Å². The van der Waals surface area contributed by atoms with Crippen LogP contribution in [0.15, 0.2) is 23.1 Å². The van der Waals surface area contributed by atoms with Crippen molar-refractivity contribution in [2.75, 3.05) is 27.4 Å². The van der Waals surface area contributed by atoms with Gasteiger partial charge < -0.3 is 14.3 Å². The molecule has 0 aliphatic rings. The van der Waals surface area contributed by atoms with E-state index in [1.807, 2.05) is 0 Å². The van der Waals surface area contributed by atoms with Crippen molar-refractivity contribution in [2.45, 2.75) is 4.90 Å². The van der Waals surface area contributed by atoms with Crippen LogP contribution in [-0.2, 0) is 14.9 Å². The third-order valence-corrected chi connectivity index (χ3v) is 3.64. The quantitative estimate of drug-likeness (QED) is 0.531. The molecule has 7 nitrogen and oxygen atoms in total. The minimum atomic E-state index is -3.61. The monoisotopic (exact) mass is 276 g/mol. The summed E-state index contributed by atoms with van der Waals surface area (Å²) in [4.78, 5) is 4.36. The SMILES string of the molecule is COc1ccc(S(=O)(=O)NCCON)cc1OC. The maximum atomic E-state index is 11.9. The minimum Gasteiger partial charge on any atom is -0.493 e. The molecule has 3 N–H and O–H groups in total. The lowest BCUT2D eigenvalue weighted by atomic mass is 10.3. The Bertz CT molecular complexity index is 489. The van der Waals surface area contributed by atoms with Gasteiger partial charge in [-0.05, 0) is 12.1 Å². The molecule has 1 rings (SSSR count). The zero-order valence-corrected chi connectivity index (χ0v) is 11.0. The first-order valence-electron chi connectivity index (χ1n) is 5.08. The number of nitrogens with two attached hydrogens (primary N) is 1. The summed E-state index contributed by atoms with van der Waals surface area (Å²) in [6, 6.07) is 4.32. The van der Waals surface area contributed by atoms with Crippen LogP contribution in [0.2, 0.25) is 0 Å². The number of nitrogens with one attached hydrogen (secondary N) is 1. The molecule has 0 saturated heterocycles. The van der Waals surface area contributed by atoms with Gasteiger partial charge >= 0.3 is 0 Å². The van der Waals surface area contributed by atoms with Crippen molar-refractivity contribution in [1.82, 2.24) is 4.72 Å². The molecule has 0 bridgehead atoms. The van der Waals surface area contributed by atoms with E-state index < -0.39 is 10.0 Å². The van der Waals surface area contributed by atoms with Crippen LogP contribution in [0.25, 0.3) is 0 Å². The Morgan fingerprint density at radius 2 is 1.89 bits per heavy atom. The normalized spacial score (nSPS) is 11.3. The van der Waals surface area contributed by atoms with Gasteiger partial charge in [-0.15, -0.1) is 0 Å². The Labute approximate surface area is 106 Å². The number of ether oxygens (including phenoxy) is 2. The minimum absolute atomic E-state index is 0.0807. The molecule has 0 aliphatic carbocycles. The molecule has 0 spiro atoms. The molecular formula is C10H16N2O5S. The first-order valence-corrected chi connectivity index (χ1v) is 6.57. The fraction of sp³-hybridized carbons (Fsp3) is 0.400. The Morgan fingerprint density at radius 3 is 2.44 bits per heavy atom. The van der Waals surface area contributed by atoms with Gasteiger partial charge in [0.2, 0.25) is 10.0 Å². The fourth-order valence-corrected chi connectivity index (χ4v) is 2.33. The van der Waals surface area contributed by atoms with Crippen LogP contribution < -0.4 is 20.1 Å². The number of rotatable bonds is 7. The highest BCUT2D eigenvalue weighted by atomic mass is 32.2. The Balaban J connectivity index is 2.95. The summed E-state index contributed by atoms with van der Waals surface area (Å²) >= 11 is 0. The number of sulfonamides is 1.